The van der Waals surface area contributed by atoms with Crippen LogP contribution >= 0.6 is 0 Å². The van der Waals surface area contributed by atoms with E-state index in [2.05, 4.69) is 15.4 Å². The molecule has 0 saturated carbocycles. The lowest BCUT2D eigenvalue weighted by Crippen LogP contribution is -2.30. The molecule has 0 aliphatic heterocycles. The normalized spacial score (nSPS) is 12.4. The van der Waals surface area contributed by atoms with Gasteiger partial charge in [0.1, 0.15) is 5.82 Å². The molecule has 0 aliphatic carbocycles. The molecule has 1 aromatic carbocycles. The molecule has 4 nitrogen and oxygen atoms in total. The average Bonchev–Trinajstić information content (AvgIpc) is 2.39. The summed E-state index contributed by atoms with van der Waals surface area (Å²) >= 11 is 0. The van der Waals surface area contributed by atoms with E-state index in [9.17, 15) is 4.39 Å². The number of aromatic nitrogens is 2. The maximum atomic E-state index is 13.6. The Morgan fingerprint density at radius 1 is 1.28 bits per heavy atom. The van der Waals surface area contributed by atoms with Crippen LogP contribution in [0.4, 0.5) is 4.39 Å². The van der Waals surface area contributed by atoms with Crippen LogP contribution in [0.25, 0.3) is 0 Å². The third kappa shape index (κ3) is 2.88. The summed E-state index contributed by atoms with van der Waals surface area (Å²) in [5, 5.41) is 0. The molecule has 5 heteroatoms. The van der Waals surface area contributed by atoms with Crippen molar-refractivity contribution in [3.63, 3.8) is 0 Å². The van der Waals surface area contributed by atoms with Crippen LogP contribution in [0, 0.1) is 12.7 Å². The number of nitrogens with one attached hydrogen (secondary N) is 1. The largest absolute Gasteiger partial charge is 0.271 e. The summed E-state index contributed by atoms with van der Waals surface area (Å²) in [6.07, 6.45) is 3.75. The Labute approximate surface area is 105 Å². The highest BCUT2D eigenvalue weighted by Crippen LogP contribution is 2.17. The molecule has 0 bridgehead atoms. The van der Waals surface area contributed by atoms with Crippen molar-refractivity contribution in [3.8, 4) is 0 Å². The smallest absolute Gasteiger partial charge is 0.126 e. The Kier molecular flexibility index (Phi) is 3.96. The van der Waals surface area contributed by atoms with Gasteiger partial charge in [0.15, 0.2) is 0 Å². The highest BCUT2D eigenvalue weighted by Gasteiger charge is 2.14. The van der Waals surface area contributed by atoms with Crippen LogP contribution in [0.15, 0.2) is 36.7 Å². The zero-order chi connectivity index (χ0) is 13.0. The van der Waals surface area contributed by atoms with Crippen LogP contribution in [-0.4, -0.2) is 9.97 Å². The lowest BCUT2D eigenvalue weighted by Gasteiger charge is -2.15. The fourth-order valence-electron chi connectivity index (χ4n) is 1.72. The van der Waals surface area contributed by atoms with Gasteiger partial charge in [0, 0.05) is 6.20 Å². The second-order valence-electron chi connectivity index (χ2n) is 4.10. The van der Waals surface area contributed by atoms with E-state index >= 15 is 0 Å². The van der Waals surface area contributed by atoms with E-state index in [-0.39, 0.29) is 11.9 Å². The van der Waals surface area contributed by atoms with Crippen LogP contribution in [0.5, 0.6) is 0 Å². The van der Waals surface area contributed by atoms with Crippen molar-refractivity contribution in [2.75, 3.05) is 0 Å². The summed E-state index contributed by atoms with van der Waals surface area (Å²) < 4.78 is 13.6. The molecule has 1 aromatic heterocycles. The van der Waals surface area contributed by atoms with Crippen LogP contribution < -0.4 is 11.3 Å². The number of benzene rings is 1. The minimum atomic E-state index is -0.255. The number of aryl methyl sites for hydroxylation is 1. The zero-order valence-corrected chi connectivity index (χ0v) is 10.1. The first-order valence-electron chi connectivity index (χ1n) is 5.69. The molecule has 2 rings (SSSR count). The lowest BCUT2D eigenvalue weighted by molar-refractivity contribution is 0.517. The Balaban J connectivity index is 2.20. The van der Waals surface area contributed by atoms with Crippen LogP contribution in [0.2, 0.25) is 0 Å². The molecule has 18 heavy (non-hydrogen) atoms. The maximum absolute atomic E-state index is 13.6. The summed E-state index contributed by atoms with van der Waals surface area (Å²) in [6, 6.07) is 6.38. The van der Waals surface area contributed by atoms with E-state index in [1.54, 1.807) is 30.6 Å². The van der Waals surface area contributed by atoms with Gasteiger partial charge in [-0.25, -0.2) is 4.39 Å². The van der Waals surface area contributed by atoms with Crippen LogP contribution in [0.1, 0.15) is 23.0 Å². The molecule has 0 fully saturated rings. The first kappa shape index (κ1) is 12.6. The van der Waals surface area contributed by atoms with Gasteiger partial charge in [-0.1, -0.05) is 18.2 Å². The van der Waals surface area contributed by atoms with Gasteiger partial charge in [0.2, 0.25) is 0 Å². The topological polar surface area (TPSA) is 63.8 Å². The zero-order valence-electron chi connectivity index (χ0n) is 10.1. The molecular formula is C13H15FN4. The third-order valence-electron chi connectivity index (χ3n) is 2.74. The summed E-state index contributed by atoms with van der Waals surface area (Å²) in [6.45, 7) is 1.86. The molecule has 0 spiro atoms. The highest BCUT2D eigenvalue weighted by atomic mass is 19.1. The van der Waals surface area contributed by atoms with Crippen LogP contribution in [0.3, 0.4) is 0 Å². The molecule has 1 unspecified atom stereocenters. The van der Waals surface area contributed by atoms with Crippen molar-refractivity contribution in [1.29, 1.82) is 0 Å². The number of nitrogens with zero attached hydrogens (tertiary/aromatic N) is 2. The van der Waals surface area contributed by atoms with Crippen molar-refractivity contribution in [1.82, 2.24) is 15.4 Å². The molecule has 1 heterocycles. The Hall–Kier alpha value is -1.85. The second kappa shape index (κ2) is 5.66. The van der Waals surface area contributed by atoms with Gasteiger partial charge in [0.25, 0.3) is 0 Å². The Bertz CT molecular complexity index is 513. The van der Waals surface area contributed by atoms with Gasteiger partial charge >= 0.3 is 0 Å². The number of hydrogen-bond donors (Lipinski definition) is 2. The van der Waals surface area contributed by atoms with E-state index < -0.39 is 0 Å². The van der Waals surface area contributed by atoms with E-state index in [0.717, 1.165) is 5.69 Å². The molecule has 94 valence electrons. The molecule has 0 amide bonds. The predicted molar refractivity (Wildman–Crippen MR) is 66.9 cm³/mol. The molecule has 0 aliphatic rings. The van der Waals surface area contributed by atoms with Gasteiger partial charge in [-0.3, -0.25) is 21.2 Å². The maximum Gasteiger partial charge on any atom is 0.126 e. The van der Waals surface area contributed by atoms with Crippen molar-refractivity contribution < 1.29 is 4.39 Å². The van der Waals surface area contributed by atoms with E-state index in [4.69, 9.17) is 5.84 Å². The highest BCUT2D eigenvalue weighted by molar-refractivity contribution is 5.20. The Morgan fingerprint density at radius 2 is 2.06 bits per heavy atom. The van der Waals surface area contributed by atoms with Gasteiger partial charge in [-0.05, 0) is 25.0 Å². The fraction of sp³-hybridized carbons (Fsp3) is 0.231. The number of nitrogens with two attached hydrogens (primary N) is 1. The first-order valence-corrected chi connectivity index (χ1v) is 5.69. The van der Waals surface area contributed by atoms with E-state index in [1.165, 1.54) is 6.07 Å². The fourth-order valence-corrected chi connectivity index (χ4v) is 1.72. The monoisotopic (exact) mass is 246 g/mol. The van der Waals surface area contributed by atoms with Gasteiger partial charge < -0.3 is 0 Å². The summed E-state index contributed by atoms with van der Waals surface area (Å²) in [4.78, 5) is 8.41. The van der Waals surface area contributed by atoms with Gasteiger partial charge in [-0.2, -0.15) is 0 Å². The molecule has 3 N–H and O–H groups in total. The van der Waals surface area contributed by atoms with Crippen molar-refractivity contribution in [2.45, 2.75) is 19.4 Å². The SMILES string of the molecule is Cc1cnc(C(Cc2ccccc2F)NN)cn1. The molecule has 0 saturated heterocycles. The molecule has 0 radical (unpaired) electrons. The quantitative estimate of drug-likeness (QED) is 0.636. The summed E-state index contributed by atoms with van der Waals surface area (Å²) in [5.74, 6) is 5.26. The number of hydrazine groups is 1. The molecular weight excluding hydrogens is 231 g/mol. The third-order valence-corrected chi connectivity index (χ3v) is 2.74. The second-order valence-corrected chi connectivity index (χ2v) is 4.10. The van der Waals surface area contributed by atoms with E-state index in [0.29, 0.717) is 17.7 Å². The van der Waals surface area contributed by atoms with Gasteiger partial charge in [-0.15, -0.1) is 0 Å². The van der Waals surface area contributed by atoms with Crippen LogP contribution in [-0.2, 0) is 6.42 Å². The number of rotatable bonds is 4. The van der Waals surface area contributed by atoms with Crippen molar-refractivity contribution in [2.24, 2.45) is 5.84 Å². The summed E-state index contributed by atoms with van der Waals surface area (Å²) in [7, 11) is 0. The first-order chi connectivity index (χ1) is 8.70. The number of hydrogen-bond acceptors (Lipinski definition) is 4. The van der Waals surface area contributed by atoms with Crippen molar-refractivity contribution in [3.05, 3.63) is 59.4 Å². The Morgan fingerprint density at radius 3 is 2.67 bits per heavy atom. The minimum absolute atomic E-state index is 0.238. The molecule has 2 aromatic rings. The molecule has 1 atom stereocenters. The van der Waals surface area contributed by atoms with E-state index in [1.807, 2.05) is 6.92 Å². The van der Waals surface area contributed by atoms with Gasteiger partial charge in [0.05, 0.1) is 23.6 Å². The summed E-state index contributed by atoms with van der Waals surface area (Å²) in [5.41, 5.74) is 4.78. The lowest BCUT2D eigenvalue weighted by atomic mass is 10.0. The standard InChI is InChI=1S/C13H15FN4/c1-9-7-17-13(8-16-9)12(18-15)6-10-4-2-3-5-11(10)14/h2-5,7-8,12,18H,6,15H2,1H3. The number of halogens is 1. The minimum Gasteiger partial charge on any atom is -0.271 e. The van der Waals surface area contributed by atoms with Crippen molar-refractivity contribution >= 4 is 0 Å². The predicted octanol–water partition coefficient (Wildman–Crippen LogP) is 1.67. The average molecular weight is 246 g/mol.